The van der Waals surface area contributed by atoms with Gasteiger partial charge in [0.2, 0.25) is 0 Å². The zero-order valence-electron chi connectivity index (χ0n) is 19.9. The van der Waals surface area contributed by atoms with E-state index in [1.54, 1.807) is 24.1 Å². The van der Waals surface area contributed by atoms with Crippen LogP contribution in [0, 0.1) is 5.92 Å². The van der Waals surface area contributed by atoms with Gasteiger partial charge in [-0.25, -0.2) is 9.79 Å². The third-order valence-electron chi connectivity index (χ3n) is 5.82. The second kappa shape index (κ2) is 8.98. The van der Waals surface area contributed by atoms with Gasteiger partial charge in [-0.2, -0.15) is 5.10 Å². The van der Waals surface area contributed by atoms with Crippen molar-refractivity contribution >= 4 is 50.5 Å². The average molecular weight is 530 g/mol. The van der Waals surface area contributed by atoms with Crippen molar-refractivity contribution in [3.05, 3.63) is 40.0 Å². The summed E-state index contributed by atoms with van der Waals surface area (Å²) in [4.78, 5) is 43.2. The summed E-state index contributed by atoms with van der Waals surface area (Å²) in [7, 11) is 0. The molecule has 9 nitrogen and oxygen atoms in total. The number of rotatable bonds is 4. The number of carbonyl (C=O) groups is 3. The van der Waals surface area contributed by atoms with E-state index in [4.69, 9.17) is 4.74 Å². The molecule has 1 N–H and O–H groups in total. The fraction of sp³-hybridized carbons (Fsp3) is 0.458. The minimum Gasteiger partial charge on any atom is -0.444 e. The normalized spacial score (nSPS) is 18.9. The summed E-state index contributed by atoms with van der Waals surface area (Å²) in [6.07, 6.45) is 3.18. The van der Waals surface area contributed by atoms with Crippen LogP contribution in [0.3, 0.4) is 0 Å². The van der Waals surface area contributed by atoms with Crippen molar-refractivity contribution in [2.45, 2.75) is 46.3 Å². The Hall–Kier alpha value is -3.01. The van der Waals surface area contributed by atoms with Gasteiger partial charge in [0.15, 0.2) is 0 Å². The number of nitrogens with one attached hydrogen (secondary N) is 1. The highest BCUT2D eigenvalue weighted by Crippen LogP contribution is 2.30. The van der Waals surface area contributed by atoms with Crippen LogP contribution < -0.4 is 5.32 Å². The number of amides is 3. The van der Waals surface area contributed by atoms with Gasteiger partial charge in [-0.1, -0.05) is 21.5 Å². The van der Waals surface area contributed by atoms with Gasteiger partial charge in [-0.3, -0.25) is 14.3 Å². The number of allylic oxidation sites excluding steroid dienone is 1. The van der Waals surface area contributed by atoms with Crippen molar-refractivity contribution in [1.82, 2.24) is 20.0 Å². The molecular formula is C24H28BrN5O4. The number of fused-ring (bicyclic) bond motifs is 1. The molecular weight excluding hydrogens is 502 g/mol. The van der Waals surface area contributed by atoms with Crippen LogP contribution >= 0.6 is 15.9 Å². The molecule has 1 atom stereocenters. The number of hydrogen-bond acceptors (Lipinski definition) is 5. The lowest BCUT2D eigenvalue weighted by atomic mass is 9.95. The minimum absolute atomic E-state index is 0.0102. The molecule has 1 aromatic heterocycles. The first kappa shape index (κ1) is 24.1. The zero-order chi connectivity index (χ0) is 24.8. The highest BCUT2D eigenvalue weighted by molar-refractivity contribution is 9.10. The van der Waals surface area contributed by atoms with Crippen LogP contribution in [0.15, 0.2) is 39.4 Å². The number of likely N-dealkylation sites (tertiary alicyclic amines) is 1. The quantitative estimate of drug-likeness (QED) is 0.646. The number of benzene rings is 1. The lowest BCUT2D eigenvalue weighted by Gasteiger charge is -2.39. The summed E-state index contributed by atoms with van der Waals surface area (Å²) < 4.78 is 8.00. The van der Waals surface area contributed by atoms with Crippen molar-refractivity contribution in [2.24, 2.45) is 10.9 Å². The Morgan fingerprint density at radius 3 is 2.59 bits per heavy atom. The summed E-state index contributed by atoms with van der Waals surface area (Å²) in [5, 5.41) is 8.09. The molecule has 2 aromatic rings. The molecule has 0 saturated carbocycles. The number of ether oxygens (including phenoxy) is 1. The van der Waals surface area contributed by atoms with E-state index >= 15 is 0 Å². The Bertz CT molecular complexity index is 1230. The summed E-state index contributed by atoms with van der Waals surface area (Å²) in [5.74, 6) is -1.00. The second-order valence-corrected chi connectivity index (χ2v) is 10.7. The molecule has 0 radical (unpaired) electrons. The second-order valence-electron chi connectivity index (χ2n) is 9.76. The van der Waals surface area contributed by atoms with Crippen molar-refractivity contribution in [1.29, 1.82) is 0 Å². The van der Waals surface area contributed by atoms with Gasteiger partial charge in [0, 0.05) is 35.2 Å². The third kappa shape index (κ3) is 4.91. The number of aromatic nitrogens is 2. The van der Waals surface area contributed by atoms with E-state index in [1.807, 2.05) is 44.5 Å². The monoisotopic (exact) mass is 529 g/mol. The maximum absolute atomic E-state index is 13.1. The van der Waals surface area contributed by atoms with Gasteiger partial charge in [0.1, 0.15) is 5.60 Å². The zero-order valence-corrected chi connectivity index (χ0v) is 21.5. The Morgan fingerprint density at radius 2 is 1.94 bits per heavy atom. The van der Waals surface area contributed by atoms with Gasteiger partial charge < -0.3 is 15.0 Å². The summed E-state index contributed by atoms with van der Waals surface area (Å²) in [6, 6.07) is 3.64. The number of halogens is 1. The molecule has 0 spiro atoms. The van der Waals surface area contributed by atoms with Gasteiger partial charge in [-0.15, -0.1) is 0 Å². The molecule has 3 amide bonds. The summed E-state index contributed by atoms with van der Waals surface area (Å²) in [5.41, 5.74) is 2.26. The highest BCUT2D eigenvalue weighted by Gasteiger charge is 2.36. The molecule has 180 valence electrons. The SMILES string of the molecule is CC1=CC(C)=NC(=O)C1CNC(=O)c1cc(Br)cc2c1cnn2C1CN(C(=O)OC(C)(C)C)C1. The largest absolute Gasteiger partial charge is 0.444 e. The molecule has 3 heterocycles. The van der Waals surface area contributed by atoms with Crippen LogP contribution in [-0.4, -0.2) is 63.5 Å². The molecule has 1 fully saturated rings. The third-order valence-corrected chi connectivity index (χ3v) is 6.28. The Morgan fingerprint density at radius 1 is 1.24 bits per heavy atom. The average Bonchev–Trinajstić information content (AvgIpc) is 3.07. The maximum atomic E-state index is 13.1. The number of nitrogens with zero attached hydrogens (tertiary/aromatic N) is 4. The van der Waals surface area contributed by atoms with E-state index in [0.29, 0.717) is 29.8 Å². The standard InChI is InChI=1S/C24H28BrN5O4/c1-13-6-14(2)28-22(32)18(13)9-26-21(31)17-7-15(25)8-20-19(17)10-27-30(20)16-11-29(12-16)23(33)34-24(3,4)5/h6-8,10,16,18H,9,11-12H2,1-5H3,(H,26,31). The first-order valence-electron chi connectivity index (χ1n) is 11.1. The van der Waals surface area contributed by atoms with Gasteiger partial charge in [0.05, 0.1) is 29.2 Å². The van der Waals surface area contributed by atoms with Crippen LogP contribution in [0.2, 0.25) is 0 Å². The van der Waals surface area contributed by atoms with Crippen LogP contribution in [0.1, 0.15) is 51.0 Å². The molecule has 1 unspecified atom stereocenters. The van der Waals surface area contributed by atoms with Crippen molar-refractivity contribution in [2.75, 3.05) is 19.6 Å². The molecule has 34 heavy (non-hydrogen) atoms. The maximum Gasteiger partial charge on any atom is 0.410 e. The van der Waals surface area contributed by atoms with Crippen LogP contribution in [0.25, 0.3) is 10.9 Å². The van der Waals surface area contributed by atoms with Gasteiger partial charge >= 0.3 is 6.09 Å². The van der Waals surface area contributed by atoms with Crippen LogP contribution in [0.4, 0.5) is 4.79 Å². The van der Waals surface area contributed by atoms with Crippen molar-refractivity contribution < 1.29 is 19.1 Å². The highest BCUT2D eigenvalue weighted by atomic mass is 79.9. The minimum atomic E-state index is -0.546. The molecule has 0 aliphatic carbocycles. The van der Waals surface area contributed by atoms with E-state index in [2.05, 4.69) is 31.3 Å². The van der Waals surface area contributed by atoms with Gasteiger partial charge in [0.25, 0.3) is 11.8 Å². The number of carbonyl (C=O) groups excluding carboxylic acids is 3. The molecule has 0 bridgehead atoms. The number of hydrogen-bond donors (Lipinski definition) is 1. The van der Waals surface area contributed by atoms with Crippen molar-refractivity contribution in [3.63, 3.8) is 0 Å². The van der Waals surface area contributed by atoms with Crippen LogP contribution in [0.5, 0.6) is 0 Å². The summed E-state index contributed by atoms with van der Waals surface area (Å²) >= 11 is 3.49. The Labute approximate surface area is 206 Å². The lowest BCUT2D eigenvalue weighted by Crippen LogP contribution is -2.52. The number of aliphatic imine (C=N–C) groups is 1. The molecule has 2 aliphatic heterocycles. The predicted molar refractivity (Wildman–Crippen MR) is 132 cm³/mol. The molecule has 2 aliphatic rings. The smallest absolute Gasteiger partial charge is 0.410 e. The molecule has 1 saturated heterocycles. The van der Waals surface area contributed by atoms with Crippen LogP contribution in [-0.2, 0) is 9.53 Å². The molecule has 1 aromatic carbocycles. The fourth-order valence-electron chi connectivity index (χ4n) is 4.12. The fourth-order valence-corrected chi connectivity index (χ4v) is 4.57. The summed E-state index contributed by atoms with van der Waals surface area (Å²) in [6.45, 7) is 10.3. The number of dihydropyridines is 1. The molecule has 4 rings (SSSR count). The van der Waals surface area contributed by atoms with E-state index in [1.165, 1.54) is 0 Å². The van der Waals surface area contributed by atoms with Gasteiger partial charge in [-0.05, 0) is 52.8 Å². The van der Waals surface area contributed by atoms with E-state index in [0.717, 1.165) is 15.6 Å². The first-order chi connectivity index (χ1) is 15.9. The van der Waals surface area contributed by atoms with E-state index in [9.17, 15) is 14.4 Å². The lowest BCUT2D eigenvalue weighted by molar-refractivity contribution is -0.120. The predicted octanol–water partition coefficient (Wildman–Crippen LogP) is 3.88. The Balaban J connectivity index is 1.48. The van der Waals surface area contributed by atoms with E-state index in [-0.39, 0.29) is 30.5 Å². The van der Waals surface area contributed by atoms with Crippen molar-refractivity contribution in [3.8, 4) is 0 Å². The Kier molecular flexibility index (Phi) is 6.37. The molecule has 10 heteroatoms. The topological polar surface area (TPSA) is 106 Å². The first-order valence-corrected chi connectivity index (χ1v) is 11.9. The van der Waals surface area contributed by atoms with E-state index < -0.39 is 11.5 Å².